The fourth-order valence-corrected chi connectivity index (χ4v) is 3.65. The van der Waals surface area contributed by atoms with Crippen molar-refractivity contribution in [2.45, 2.75) is 30.9 Å². The number of thioether (sulfide) groups is 1. The van der Waals surface area contributed by atoms with Crippen molar-refractivity contribution in [3.63, 3.8) is 0 Å². The molecule has 3 nitrogen and oxygen atoms in total. The number of nitrogens with zero attached hydrogens (tertiary/aromatic N) is 2. The molecule has 0 aliphatic carbocycles. The number of benzene rings is 1. The first-order valence-corrected chi connectivity index (χ1v) is 8.67. The van der Waals surface area contributed by atoms with Crippen LogP contribution in [0.2, 0.25) is 0 Å². The second-order valence-electron chi connectivity index (χ2n) is 6.09. The van der Waals surface area contributed by atoms with Crippen molar-refractivity contribution in [2.75, 3.05) is 32.7 Å². The smallest absolute Gasteiger partial charge is 0.235 e. The predicted molar refractivity (Wildman–Crippen MR) is 89.6 cm³/mol. The molecular weight excluding hydrogens is 280 g/mol. The van der Waals surface area contributed by atoms with Crippen molar-refractivity contribution in [3.05, 3.63) is 30.3 Å². The lowest BCUT2D eigenvalue weighted by Crippen LogP contribution is -2.51. The summed E-state index contributed by atoms with van der Waals surface area (Å²) < 4.78 is 0. The lowest BCUT2D eigenvalue weighted by atomic mass is 10.2. The predicted octanol–water partition coefficient (Wildman–Crippen LogP) is 2.97. The highest BCUT2D eigenvalue weighted by molar-refractivity contribution is 8.00. The van der Waals surface area contributed by atoms with E-state index in [2.05, 4.69) is 30.9 Å². The van der Waals surface area contributed by atoms with E-state index in [0.717, 1.165) is 37.6 Å². The number of carbonyl (C=O) groups is 1. The van der Waals surface area contributed by atoms with Crippen LogP contribution in [0.1, 0.15) is 20.8 Å². The minimum Gasteiger partial charge on any atom is -0.339 e. The van der Waals surface area contributed by atoms with Crippen molar-refractivity contribution in [3.8, 4) is 0 Å². The molecule has 1 heterocycles. The zero-order valence-electron chi connectivity index (χ0n) is 13.3. The third kappa shape index (κ3) is 5.04. The van der Waals surface area contributed by atoms with E-state index in [9.17, 15) is 4.79 Å². The molecule has 2 rings (SSSR count). The van der Waals surface area contributed by atoms with Gasteiger partial charge in [0.2, 0.25) is 5.91 Å². The van der Waals surface area contributed by atoms with Gasteiger partial charge in [-0.25, -0.2) is 0 Å². The monoisotopic (exact) mass is 306 g/mol. The van der Waals surface area contributed by atoms with Gasteiger partial charge < -0.3 is 4.90 Å². The Kier molecular flexibility index (Phi) is 6.12. The van der Waals surface area contributed by atoms with Crippen LogP contribution in [0, 0.1) is 5.92 Å². The zero-order valence-corrected chi connectivity index (χ0v) is 14.1. The van der Waals surface area contributed by atoms with Gasteiger partial charge in [-0.15, -0.1) is 11.8 Å². The van der Waals surface area contributed by atoms with Gasteiger partial charge in [0, 0.05) is 37.6 Å². The molecule has 1 saturated heterocycles. The highest BCUT2D eigenvalue weighted by atomic mass is 32.2. The Morgan fingerprint density at radius 2 is 1.71 bits per heavy atom. The fourth-order valence-electron chi connectivity index (χ4n) is 2.68. The molecule has 4 heteroatoms. The first-order chi connectivity index (χ1) is 10.1. The summed E-state index contributed by atoms with van der Waals surface area (Å²) >= 11 is 1.65. The minimum atomic E-state index is -0.0101. The molecule has 1 fully saturated rings. The molecule has 0 bridgehead atoms. The normalized spacial score (nSPS) is 18.0. The largest absolute Gasteiger partial charge is 0.339 e. The van der Waals surface area contributed by atoms with Gasteiger partial charge in [-0.2, -0.15) is 0 Å². The molecule has 1 amide bonds. The second kappa shape index (κ2) is 7.85. The Bertz CT molecular complexity index is 441. The maximum atomic E-state index is 12.5. The maximum Gasteiger partial charge on any atom is 0.235 e. The topological polar surface area (TPSA) is 23.6 Å². The van der Waals surface area contributed by atoms with Crippen LogP contribution in [0.4, 0.5) is 0 Å². The van der Waals surface area contributed by atoms with E-state index in [0.29, 0.717) is 5.92 Å². The van der Waals surface area contributed by atoms with Crippen LogP contribution in [-0.2, 0) is 4.79 Å². The number of rotatable bonds is 5. The van der Waals surface area contributed by atoms with Gasteiger partial charge in [-0.1, -0.05) is 32.0 Å². The average molecular weight is 306 g/mol. The molecule has 0 saturated carbocycles. The summed E-state index contributed by atoms with van der Waals surface area (Å²) in [5.74, 6) is 0.966. The van der Waals surface area contributed by atoms with E-state index >= 15 is 0 Å². The molecular formula is C17H26N2OS. The Labute approximate surface area is 132 Å². The molecule has 21 heavy (non-hydrogen) atoms. The third-order valence-electron chi connectivity index (χ3n) is 3.71. The molecule has 0 spiro atoms. The molecule has 1 atom stereocenters. The summed E-state index contributed by atoms with van der Waals surface area (Å²) in [7, 11) is 0. The highest BCUT2D eigenvalue weighted by Crippen LogP contribution is 2.24. The van der Waals surface area contributed by atoms with Crippen LogP contribution < -0.4 is 0 Å². The number of carbonyl (C=O) groups excluding carboxylic acids is 1. The van der Waals surface area contributed by atoms with Gasteiger partial charge in [-0.05, 0) is 25.0 Å². The first-order valence-electron chi connectivity index (χ1n) is 7.79. The van der Waals surface area contributed by atoms with E-state index in [1.807, 2.05) is 30.0 Å². The number of piperazine rings is 1. The summed E-state index contributed by atoms with van der Waals surface area (Å²) in [6.07, 6.45) is 0. The second-order valence-corrected chi connectivity index (χ2v) is 7.51. The number of amides is 1. The number of hydrogen-bond donors (Lipinski definition) is 0. The SMILES string of the molecule is CC(C)CN1CCN(C(=O)C(C)Sc2ccccc2)CC1. The van der Waals surface area contributed by atoms with Crippen LogP contribution in [0.3, 0.4) is 0 Å². The van der Waals surface area contributed by atoms with Crippen molar-refractivity contribution in [1.29, 1.82) is 0 Å². The number of hydrogen-bond acceptors (Lipinski definition) is 3. The lowest BCUT2D eigenvalue weighted by molar-refractivity contribution is -0.132. The zero-order chi connectivity index (χ0) is 15.2. The van der Waals surface area contributed by atoms with Gasteiger partial charge in [0.05, 0.1) is 5.25 Å². The van der Waals surface area contributed by atoms with Gasteiger partial charge in [0.25, 0.3) is 0 Å². The minimum absolute atomic E-state index is 0.0101. The van der Waals surface area contributed by atoms with Gasteiger partial charge >= 0.3 is 0 Å². The lowest BCUT2D eigenvalue weighted by Gasteiger charge is -2.36. The summed E-state index contributed by atoms with van der Waals surface area (Å²) in [5, 5.41) is -0.0101. The van der Waals surface area contributed by atoms with Crippen molar-refractivity contribution in [1.82, 2.24) is 9.80 Å². The molecule has 1 aromatic carbocycles. The molecule has 1 unspecified atom stereocenters. The maximum absolute atomic E-state index is 12.5. The summed E-state index contributed by atoms with van der Waals surface area (Å²) in [6, 6.07) is 10.2. The molecule has 0 radical (unpaired) electrons. The Balaban J connectivity index is 1.81. The van der Waals surface area contributed by atoms with Crippen LogP contribution in [-0.4, -0.2) is 53.7 Å². The Hall–Kier alpha value is -1.00. The van der Waals surface area contributed by atoms with Gasteiger partial charge in [0.1, 0.15) is 0 Å². The summed E-state index contributed by atoms with van der Waals surface area (Å²) in [4.78, 5) is 18.2. The van der Waals surface area contributed by atoms with E-state index < -0.39 is 0 Å². The van der Waals surface area contributed by atoms with Crippen molar-refractivity contribution >= 4 is 17.7 Å². The Morgan fingerprint density at radius 1 is 1.10 bits per heavy atom. The molecule has 1 aliphatic rings. The molecule has 1 aromatic rings. The van der Waals surface area contributed by atoms with Crippen LogP contribution in [0.5, 0.6) is 0 Å². The summed E-state index contributed by atoms with van der Waals surface area (Å²) in [6.45, 7) is 11.4. The van der Waals surface area contributed by atoms with E-state index in [1.165, 1.54) is 0 Å². The average Bonchev–Trinajstić information content (AvgIpc) is 2.47. The van der Waals surface area contributed by atoms with Crippen LogP contribution >= 0.6 is 11.8 Å². The molecule has 0 N–H and O–H groups in total. The van der Waals surface area contributed by atoms with Crippen LogP contribution in [0.15, 0.2) is 35.2 Å². The molecule has 0 aromatic heterocycles. The van der Waals surface area contributed by atoms with E-state index in [4.69, 9.17) is 0 Å². The van der Waals surface area contributed by atoms with Crippen molar-refractivity contribution in [2.24, 2.45) is 5.92 Å². The quantitative estimate of drug-likeness (QED) is 0.781. The van der Waals surface area contributed by atoms with Crippen LogP contribution in [0.25, 0.3) is 0 Å². The third-order valence-corrected chi connectivity index (χ3v) is 4.81. The van der Waals surface area contributed by atoms with Gasteiger partial charge in [-0.3, -0.25) is 9.69 Å². The standard InChI is InChI=1S/C17H26N2OS/c1-14(2)13-18-9-11-19(12-10-18)17(20)15(3)21-16-7-5-4-6-8-16/h4-8,14-15H,9-13H2,1-3H3. The fraction of sp³-hybridized carbons (Fsp3) is 0.588. The van der Waals surface area contributed by atoms with E-state index in [-0.39, 0.29) is 11.2 Å². The highest BCUT2D eigenvalue weighted by Gasteiger charge is 2.25. The molecule has 116 valence electrons. The van der Waals surface area contributed by atoms with Crippen molar-refractivity contribution < 1.29 is 4.79 Å². The molecule has 1 aliphatic heterocycles. The van der Waals surface area contributed by atoms with E-state index in [1.54, 1.807) is 11.8 Å². The van der Waals surface area contributed by atoms with Gasteiger partial charge in [0.15, 0.2) is 0 Å². The summed E-state index contributed by atoms with van der Waals surface area (Å²) in [5.41, 5.74) is 0. The Morgan fingerprint density at radius 3 is 2.29 bits per heavy atom. The first kappa shape index (κ1) is 16.4.